The molecular formula is C40H41N5O4. The normalized spacial score (nSPS) is 11.0. The van der Waals surface area contributed by atoms with Crippen LogP contribution in [0.2, 0.25) is 0 Å². The van der Waals surface area contributed by atoms with Crippen LogP contribution in [0.3, 0.4) is 0 Å². The number of azo groups is 1. The molecule has 0 saturated heterocycles. The van der Waals surface area contributed by atoms with Crippen LogP contribution in [-0.2, 0) is 6.54 Å². The highest BCUT2D eigenvalue weighted by atomic mass is 16.5. The number of anilines is 3. The summed E-state index contributed by atoms with van der Waals surface area (Å²) in [5.41, 5.74) is 5.06. The first-order chi connectivity index (χ1) is 23.8. The molecule has 0 aliphatic rings. The standard InChI is InChI=1S/C40H41N5O4/c1-5-6-23-49-37-26-33(45(31-14-9-7-10-15-31)32-16-11-8-12-17-32)19-20-35(37)42-43-38-30(4)34(27-41)39(46)44(40(38)47)22-13-24-48-36-21-18-28(2)25-29(36)3/h7-12,14-21,25-26,46H,5-6,13,22-24H2,1-4H3. The van der Waals surface area contributed by atoms with Gasteiger partial charge in [0.1, 0.15) is 28.8 Å². The maximum atomic E-state index is 13.7. The average molecular weight is 656 g/mol. The predicted molar refractivity (Wildman–Crippen MR) is 194 cm³/mol. The molecule has 1 aromatic heterocycles. The van der Waals surface area contributed by atoms with E-state index in [-0.39, 0.29) is 23.4 Å². The number of aromatic hydroxyl groups is 1. The number of aryl methyl sites for hydroxylation is 2. The molecule has 0 bridgehead atoms. The van der Waals surface area contributed by atoms with Gasteiger partial charge in [0.25, 0.3) is 5.56 Å². The van der Waals surface area contributed by atoms with Gasteiger partial charge in [-0.15, -0.1) is 10.2 Å². The minimum Gasteiger partial charge on any atom is -0.493 e. The van der Waals surface area contributed by atoms with Gasteiger partial charge < -0.3 is 19.5 Å². The first kappa shape index (κ1) is 34.5. The second-order valence-electron chi connectivity index (χ2n) is 11.8. The molecule has 5 rings (SSSR count). The molecule has 0 fully saturated rings. The molecule has 1 heterocycles. The smallest absolute Gasteiger partial charge is 0.281 e. The molecule has 9 heteroatoms. The second kappa shape index (κ2) is 16.3. The van der Waals surface area contributed by atoms with Crippen molar-refractivity contribution in [1.29, 1.82) is 5.26 Å². The highest BCUT2D eigenvalue weighted by molar-refractivity contribution is 5.78. The predicted octanol–water partition coefficient (Wildman–Crippen LogP) is 9.88. The zero-order valence-corrected chi connectivity index (χ0v) is 28.4. The number of hydrogen-bond acceptors (Lipinski definition) is 8. The number of unbranched alkanes of at least 4 members (excludes halogenated alkanes) is 1. The Morgan fingerprint density at radius 3 is 2.08 bits per heavy atom. The summed E-state index contributed by atoms with van der Waals surface area (Å²) in [5.74, 6) is 0.870. The minimum absolute atomic E-state index is 0.0246. The summed E-state index contributed by atoms with van der Waals surface area (Å²) < 4.78 is 13.3. The Morgan fingerprint density at radius 1 is 0.796 bits per heavy atom. The molecule has 0 unspecified atom stereocenters. The number of ether oxygens (including phenoxy) is 2. The third-order valence-electron chi connectivity index (χ3n) is 8.13. The molecule has 49 heavy (non-hydrogen) atoms. The Labute approximate surface area is 287 Å². The third kappa shape index (κ3) is 8.17. The quantitative estimate of drug-likeness (QED) is 0.0941. The lowest BCUT2D eigenvalue weighted by atomic mass is 10.1. The maximum Gasteiger partial charge on any atom is 0.281 e. The summed E-state index contributed by atoms with van der Waals surface area (Å²) in [6.45, 7) is 8.59. The van der Waals surface area contributed by atoms with Crippen LogP contribution in [0.25, 0.3) is 0 Å². The molecule has 4 aromatic carbocycles. The van der Waals surface area contributed by atoms with Crippen molar-refractivity contribution in [2.24, 2.45) is 10.2 Å². The van der Waals surface area contributed by atoms with Crippen LogP contribution < -0.4 is 19.9 Å². The number of rotatable bonds is 14. The lowest BCUT2D eigenvalue weighted by Crippen LogP contribution is -2.23. The van der Waals surface area contributed by atoms with Gasteiger partial charge in [0.15, 0.2) is 5.69 Å². The molecule has 9 nitrogen and oxygen atoms in total. The second-order valence-corrected chi connectivity index (χ2v) is 11.8. The molecule has 0 spiro atoms. The van der Waals surface area contributed by atoms with E-state index in [1.54, 1.807) is 6.92 Å². The summed E-state index contributed by atoms with van der Waals surface area (Å²) in [7, 11) is 0. The minimum atomic E-state index is -0.548. The monoisotopic (exact) mass is 655 g/mol. The molecule has 1 N–H and O–H groups in total. The van der Waals surface area contributed by atoms with Gasteiger partial charge in [-0.2, -0.15) is 5.26 Å². The molecule has 5 aromatic rings. The van der Waals surface area contributed by atoms with E-state index in [0.29, 0.717) is 31.1 Å². The van der Waals surface area contributed by atoms with Crippen molar-refractivity contribution < 1.29 is 14.6 Å². The van der Waals surface area contributed by atoms with Crippen LogP contribution in [0, 0.1) is 32.1 Å². The molecule has 0 amide bonds. The Hall–Kier alpha value is -5.88. The van der Waals surface area contributed by atoms with Crippen molar-refractivity contribution in [3.8, 4) is 23.4 Å². The Bertz CT molecular complexity index is 1980. The average Bonchev–Trinajstić information content (AvgIpc) is 3.10. The molecule has 0 aliphatic carbocycles. The van der Waals surface area contributed by atoms with Crippen molar-refractivity contribution in [2.75, 3.05) is 18.1 Å². The van der Waals surface area contributed by atoms with Gasteiger partial charge in [-0.05, 0) is 81.6 Å². The fraction of sp³-hybridized carbons (Fsp3) is 0.250. The van der Waals surface area contributed by atoms with Crippen molar-refractivity contribution in [3.05, 3.63) is 130 Å². The van der Waals surface area contributed by atoms with Gasteiger partial charge in [0, 0.05) is 35.2 Å². The Morgan fingerprint density at radius 2 is 1.45 bits per heavy atom. The molecule has 0 atom stereocenters. The van der Waals surface area contributed by atoms with Gasteiger partial charge in [0.2, 0.25) is 5.88 Å². The molecule has 250 valence electrons. The maximum absolute atomic E-state index is 13.7. The zero-order chi connectivity index (χ0) is 34.8. The van der Waals surface area contributed by atoms with E-state index in [4.69, 9.17) is 9.47 Å². The van der Waals surface area contributed by atoms with Gasteiger partial charge in [-0.25, -0.2) is 0 Å². The van der Waals surface area contributed by atoms with Gasteiger partial charge >= 0.3 is 0 Å². The summed E-state index contributed by atoms with van der Waals surface area (Å²) >= 11 is 0. The number of aromatic nitrogens is 1. The van der Waals surface area contributed by atoms with E-state index in [1.807, 2.05) is 117 Å². The van der Waals surface area contributed by atoms with E-state index in [9.17, 15) is 15.2 Å². The SMILES string of the molecule is CCCCOc1cc(N(c2ccccc2)c2ccccc2)ccc1N=Nc1c(C)c(C#N)c(O)n(CCCOc2ccc(C)cc2C)c1=O. The van der Waals surface area contributed by atoms with Crippen LogP contribution in [0.15, 0.2) is 112 Å². The van der Waals surface area contributed by atoms with E-state index in [2.05, 4.69) is 22.1 Å². The van der Waals surface area contributed by atoms with E-state index < -0.39 is 11.4 Å². The number of para-hydroxylation sites is 2. The number of nitriles is 1. The topological polar surface area (TPSA) is 112 Å². The van der Waals surface area contributed by atoms with E-state index in [1.165, 1.54) is 0 Å². The van der Waals surface area contributed by atoms with Crippen LogP contribution in [0.1, 0.15) is 48.4 Å². The van der Waals surface area contributed by atoms with Crippen LogP contribution in [0.4, 0.5) is 28.4 Å². The lowest BCUT2D eigenvalue weighted by Gasteiger charge is -2.26. The number of nitrogens with zero attached hydrogens (tertiary/aromatic N) is 5. The fourth-order valence-corrected chi connectivity index (χ4v) is 5.50. The molecule has 0 saturated carbocycles. The Kier molecular flexibility index (Phi) is 11.5. The van der Waals surface area contributed by atoms with Gasteiger partial charge in [-0.1, -0.05) is 67.4 Å². The van der Waals surface area contributed by atoms with Gasteiger partial charge in [0.05, 0.1) is 13.2 Å². The Balaban J connectivity index is 1.47. The summed E-state index contributed by atoms with van der Waals surface area (Å²) in [6.07, 6.45) is 2.22. The number of benzene rings is 4. The van der Waals surface area contributed by atoms with Crippen molar-refractivity contribution in [2.45, 2.75) is 53.5 Å². The molecule has 0 radical (unpaired) electrons. The van der Waals surface area contributed by atoms with Crippen molar-refractivity contribution in [3.63, 3.8) is 0 Å². The summed E-state index contributed by atoms with van der Waals surface area (Å²) in [4.78, 5) is 15.8. The van der Waals surface area contributed by atoms with Crippen LogP contribution >= 0.6 is 0 Å². The third-order valence-corrected chi connectivity index (χ3v) is 8.13. The number of pyridine rings is 1. The first-order valence-corrected chi connectivity index (χ1v) is 16.5. The van der Waals surface area contributed by atoms with Crippen LogP contribution in [0.5, 0.6) is 17.4 Å². The van der Waals surface area contributed by atoms with Crippen LogP contribution in [-0.4, -0.2) is 22.9 Å². The highest BCUT2D eigenvalue weighted by Crippen LogP contribution is 2.40. The van der Waals surface area contributed by atoms with E-state index in [0.717, 1.165) is 51.3 Å². The fourth-order valence-electron chi connectivity index (χ4n) is 5.50. The van der Waals surface area contributed by atoms with Crippen molar-refractivity contribution in [1.82, 2.24) is 4.57 Å². The lowest BCUT2D eigenvalue weighted by molar-refractivity contribution is 0.293. The first-order valence-electron chi connectivity index (χ1n) is 16.5. The number of hydrogen-bond donors (Lipinski definition) is 1. The molecular weight excluding hydrogens is 614 g/mol. The highest BCUT2D eigenvalue weighted by Gasteiger charge is 2.20. The largest absolute Gasteiger partial charge is 0.493 e. The summed E-state index contributed by atoms with van der Waals surface area (Å²) in [6, 6.07) is 33.7. The van der Waals surface area contributed by atoms with E-state index >= 15 is 0 Å². The van der Waals surface area contributed by atoms with Gasteiger partial charge in [-0.3, -0.25) is 9.36 Å². The van der Waals surface area contributed by atoms with Crippen molar-refractivity contribution >= 4 is 28.4 Å². The zero-order valence-electron chi connectivity index (χ0n) is 28.4. The molecule has 0 aliphatic heterocycles. The summed E-state index contributed by atoms with van der Waals surface area (Å²) in [5, 5.41) is 29.6.